The van der Waals surface area contributed by atoms with E-state index >= 15 is 0 Å². The van der Waals surface area contributed by atoms with Crippen molar-refractivity contribution in [3.05, 3.63) is 40.7 Å². The lowest BCUT2D eigenvalue weighted by molar-refractivity contribution is -0.119. The molecule has 4 nitrogen and oxygen atoms in total. The van der Waals surface area contributed by atoms with Gasteiger partial charge in [0.25, 0.3) is 5.56 Å². The number of thioether (sulfide) groups is 1. The van der Waals surface area contributed by atoms with Gasteiger partial charge in [-0.1, -0.05) is 44.9 Å². The normalized spacial score (nSPS) is 23.1. The van der Waals surface area contributed by atoms with Crippen LogP contribution >= 0.6 is 11.8 Å². The van der Waals surface area contributed by atoms with Crippen molar-refractivity contribution in [3.63, 3.8) is 0 Å². The van der Waals surface area contributed by atoms with Crippen LogP contribution in [0.15, 0.2) is 40.0 Å². The number of aromatic nitrogens is 1. The first kappa shape index (κ1) is 19.0. The second-order valence-corrected chi connectivity index (χ2v) is 8.36. The fourth-order valence-corrected chi connectivity index (χ4v) is 4.81. The predicted octanol–water partition coefficient (Wildman–Crippen LogP) is 4.05. The van der Waals surface area contributed by atoms with Crippen molar-refractivity contribution >= 4 is 28.6 Å². The molecule has 0 spiro atoms. The van der Waals surface area contributed by atoms with E-state index in [1.165, 1.54) is 24.6 Å². The zero-order chi connectivity index (χ0) is 18.7. The Morgan fingerprint density at radius 2 is 2.04 bits per heavy atom. The number of para-hydroxylation sites is 1. The molecule has 1 aromatic carbocycles. The third kappa shape index (κ3) is 3.98. The van der Waals surface area contributed by atoms with Gasteiger partial charge in [-0.25, -0.2) is 0 Å². The van der Waals surface area contributed by atoms with Crippen LogP contribution in [0.5, 0.6) is 0 Å². The number of carbonyl (C=O) groups is 1. The minimum Gasteiger partial charge on any atom is -0.352 e. The van der Waals surface area contributed by atoms with E-state index in [9.17, 15) is 9.59 Å². The van der Waals surface area contributed by atoms with Gasteiger partial charge in [-0.2, -0.15) is 0 Å². The number of amides is 1. The van der Waals surface area contributed by atoms with Crippen molar-refractivity contribution in [1.82, 2.24) is 9.88 Å². The fourth-order valence-electron chi connectivity index (χ4n) is 3.93. The average molecular weight is 373 g/mol. The van der Waals surface area contributed by atoms with Gasteiger partial charge < -0.3 is 9.88 Å². The minimum atomic E-state index is -0.0103. The van der Waals surface area contributed by atoms with Crippen molar-refractivity contribution in [2.45, 2.75) is 57.5 Å². The number of hydrogen-bond acceptors (Lipinski definition) is 3. The van der Waals surface area contributed by atoms with E-state index in [1.807, 2.05) is 31.2 Å². The zero-order valence-electron chi connectivity index (χ0n) is 15.8. The van der Waals surface area contributed by atoms with Crippen LogP contribution in [0.1, 0.15) is 40.0 Å². The Kier molecular flexibility index (Phi) is 6.07. The quantitative estimate of drug-likeness (QED) is 0.806. The molecule has 1 aliphatic carbocycles. The molecule has 1 N–H and O–H groups in total. The summed E-state index contributed by atoms with van der Waals surface area (Å²) in [5, 5.41) is 4.25. The number of benzene rings is 1. The van der Waals surface area contributed by atoms with Crippen molar-refractivity contribution < 1.29 is 4.79 Å². The molecule has 0 bridgehead atoms. The minimum absolute atomic E-state index is 0.0103. The number of carbonyl (C=O) groups excluding carboxylic acids is 1. The molecule has 1 aliphatic rings. The second kappa shape index (κ2) is 8.30. The summed E-state index contributed by atoms with van der Waals surface area (Å²) in [5.74, 6) is 1.58. The van der Waals surface area contributed by atoms with E-state index in [4.69, 9.17) is 0 Å². The van der Waals surface area contributed by atoms with Gasteiger partial charge in [0.2, 0.25) is 5.91 Å². The van der Waals surface area contributed by atoms with E-state index in [2.05, 4.69) is 19.2 Å². The molecule has 26 heavy (non-hydrogen) atoms. The number of nitrogens with zero attached hydrogens (tertiary/aromatic N) is 1. The molecule has 0 radical (unpaired) electrons. The maximum Gasteiger partial charge on any atom is 0.252 e. The Bertz CT molecular complexity index is 846. The van der Waals surface area contributed by atoms with Crippen molar-refractivity contribution in [3.8, 4) is 0 Å². The number of aryl methyl sites for hydroxylation is 1. The van der Waals surface area contributed by atoms with Crippen LogP contribution < -0.4 is 10.9 Å². The van der Waals surface area contributed by atoms with Crippen LogP contribution in [-0.4, -0.2) is 22.3 Å². The highest BCUT2D eigenvalue weighted by Crippen LogP contribution is 2.30. The van der Waals surface area contributed by atoms with Gasteiger partial charge in [0.05, 0.1) is 11.3 Å². The first-order chi connectivity index (χ1) is 12.5. The van der Waals surface area contributed by atoms with E-state index in [1.54, 1.807) is 10.6 Å². The Labute approximate surface area is 159 Å². The van der Waals surface area contributed by atoms with Gasteiger partial charge in [-0.15, -0.1) is 11.8 Å². The van der Waals surface area contributed by atoms with Crippen LogP contribution in [-0.2, 0) is 11.3 Å². The maximum atomic E-state index is 12.5. The molecule has 2 aromatic rings. The topological polar surface area (TPSA) is 51.1 Å². The molecule has 0 unspecified atom stereocenters. The zero-order valence-corrected chi connectivity index (χ0v) is 16.6. The Hall–Kier alpha value is -1.75. The summed E-state index contributed by atoms with van der Waals surface area (Å²) < 4.78 is 1.77. The van der Waals surface area contributed by atoms with Crippen LogP contribution in [0.4, 0.5) is 0 Å². The molecule has 5 heteroatoms. The molecule has 1 amide bonds. The lowest BCUT2D eigenvalue weighted by atomic mass is 9.78. The lowest BCUT2D eigenvalue weighted by Crippen LogP contribution is -2.44. The molecule has 3 atom stereocenters. The molecule has 1 heterocycles. The Morgan fingerprint density at radius 3 is 2.81 bits per heavy atom. The summed E-state index contributed by atoms with van der Waals surface area (Å²) in [7, 11) is 0. The second-order valence-electron chi connectivity index (χ2n) is 7.34. The van der Waals surface area contributed by atoms with E-state index in [-0.39, 0.29) is 17.5 Å². The van der Waals surface area contributed by atoms with E-state index < -0.39 is 0 Å². The van der Waals surface area contributed by atoms with Crippen LogP contribution in [0.3, 0.4) is 0 Å². The summed E-state index contributed by atoms with van der Waals surface area (Å²) in [6, 6.07) is 9.84. The Balaban J connectivity index is 1.72. The molecular weight excluding hydrogens is 344 g/mol. The third-order valence-corrected chi connectivity index (χ3v) is 6.76. The highest BCUT2D eigenvalue weighted by molar-refractivity contribution is 8.00. The van der Waals surface area contributed by atoms with Gasteiger partial charge in [0, 0.05) is 28.9 Å². The van der Waals surface area contributed by atoms with Crippen molar-refractivity contribution in [2.24, 2.45) is 11.8 Å². The first-order valence-corrected chi connectivity index (χ1v) is 10.5. The van der Waals surface area contributed by atoms with Crippen LogP contribution in [0, 0.1) is 11.8 Å². The fraction of sp³-hybridized carbons (Fsp3) is 0.524. The average Bonchev–Trinajstić information content (AvgIpc) is 2.63. The molecule has 0 aliphatic heterocycles. The molecule has 140 valence electrons. The molecule has 3 rings (SSSR count). The molecule has 1 fully saturated rings. The lowest BCUT2D eigenvalue weighted by Gasteiger charge is -2.34. The molecule has 0 saturated heterocycles. The maximum absolute atomic E-state index is 12.5. The van der Waals surface area contributed by atoms with Crippen molar-refractivity contribution in [1.29, 1.82) is 0 Å². The third-order valence-electron chi connectivity index (χ3n) is 5.71. The van der Waals surface area contributed by atoms with E-state index in [0.29, 0.717) is 24.1 Å². The van der Waals surface area contributed by atoms with Crippen molar-refractivity contribution in [2.75, 3.05) is 5.75 Å². The summed E-state index contributed by atoms with van der Waals surface area (Å²) in [6.45, 7) is 7.12. The SMILES string of the molecule is CCn1c(=O)cc(SCC(=O)N[C@@H]2CCC[C@@H](C)[C@@H]2C)c2ccccc21. The smallest absolute Gasteiger partial charge is 0.252 e. The number of hydrogen-bond donors (Lipinski definition) is 1. The number of fused-ring (bicyclic) bond motifs is 1. The highest BCUT2D eigenvalue weighted by Gasteiger charge is 2.28. The molecule has 1 saturated carbocycles. The summed E-state index contributed by atoms with van der Waals surface area (Å²) in [5.41, 5.74) is 0.920. The number of nitrogens with one attached hydrogen (secondary N) is 1. The molecule has 1 aromatic heterocycles. The first-order valence-electron chi connectivity index (χ1n) is 9.56. The summed E-state index contributed by atoms with van der Waals surface area (Å²) in [4.78, 5) is 25.7. The van der Waals surface area contributed by atoms with E-state index in [0.717, 1.165) is 22.2 Å². The monoisotopic (exact) mass is 372 g/mol. The standard InChI is InChI=1S/C21H28N2O2S/c1-4-23-18-11-6-5-9-16(18)19(12-21(23)25)26-13-20(24)22-17-10-7-8-14(2)15(17)3/h5-6,9,11-12,14-15,17H,4,7-8,10,13H2,1-3H3,(H,22,24)/t14-,15+,17-/m1/s1. The van der Waals surface area contributed by atoms with Crippen LogP contribution in [0.25, 0.3) is 10.9 Å². The highest BCUT2D eigenvalue weighted by atomic mass is 32.2. The van der Waals surface area contributed by atoms with Gasteiger partial charge >= 0.3 is 0 Å². The predicted molar refractivity (Wildman–Crippen MR) is 109 cm³/mol. The van der Waals surface area contributed by atoms with Crippen LogP contribution in [0.2, 0.25) is 0 Å². The molecular formula is C21H28N2O2S. The van der Waals surface area contributed by atoms with Gasteiger partial charge in [0.1, 0.15) is 0 Å². The summed E-state index contributed by atoms with van der Waals surface area (Å²) >= 11 is 1.46. The summed E-state index contributed by atoms with van der Waals surface area (Å²) in [6.07, 6.45) is 3.50. The largest absolute Gasteiger partial charge is 0.352 e. The van der Waals surface area contributed by atoms with Gasteiger partial charge in [-0.05, 0) is 31.2 Å². The Morgan fingerprint density at radius 1 is 1.27 bits per heavy atom. The number of pyridine rings is 1. The van der Waals surface area contributed by atoms with Gasteiger partial charge in [-0.3, -0.25) is 9.59 Å². The number of rotatable bonds is 5. The van der Waals surface area contributed by atoms with Gasteiger partial charge in [0.15, 0.2) is 0 Å².